The Morgan fingerprint density at radius 2 is 1.96 bits per heavy atom. The molecule has 27 heavy (non-hydrogen) atoms. The number of hydrogen-bond donors (Lipinski definition) is 0. The summed E-state index contributed by atoms with van der Waals surface area (Å²) in [4.78, 5) is 19.6. The molecule has 0 N–H and O–H groups in total. The van der Waals surface area contributed by atoms with Crippen molar-refractivity contribution in [2.45, 2.75) is 51.4 Å². The second kappa shape index (κ2) is 7.71. The predicted octanol–water partition coefficient (Wildman–Crippen LogP) is 3.54. The van der Waals surface area contributed by atoms with E-state index in [1.807, 2.05) is 23.1 Å². The predicted molar refractivity (Wildman–Crippen MR) is 101 cm³/mol. The van der Waals surface area contributed by atoms with Gasteiger partial charge in [0.1, 0.15) is 5.75 Å². The van der Waals surface area contributed by atoms with E-state index < -0.39 is 0 Å². The summed E-state index contributed by atoms with van der Waals surface area (Å²) in [7, 11) is 0. The number of rotatable bonds is 3. The lowest BCUT2D eigenvalue weighted by atomic mass is 9.92. The molecule has 1 aromatic carbocycles. The van der Waals surface area contributed by atoms with Crippen LogP contribution in [0.15, 0.2) is 28.8 Å². The van der Waals surface area contributed by atoms with Crippen molar-refractivity contribution in [3.05, 3.63) is 41.5 Å². The molecule has 0 unspecified atom stereocenters. The number of hydrogen-bond acceptors (Lipinski definition) is 5. The Morgan fingerprint density at radius 1 is 1.19 bits per heavy atom. The molecule has 1 saturated heterocycles. The Kier molecular flexibility index (Phi) is 5.14. The summed E-state index contributed by atoms with van der Waals surface area (Å²) in [6.07, 6.45) is 3.29. The maximum absolute atomic E-state index is 13.1. The highest BCUT2D eigenvalue weighted by molar-refractivity contribution is 5.79. The number of para-hydroxylation sites is 1. The number of fused-ring (bicyclic) bond motifs is 1. The van der Waals surface area contributed by atoms with Crippen LogP contribution in [0, 0.1) is 5.92 Å². The number of likely N-dealkylation sites (tertiary alicyclic amines) is 1. The first-order valence-electron chi connectivity index (χ1n) is 9.95. The molecule has 0 spiro atoms. The van der Waals surface area contributed by atoms with Gasteiger partial charge in [-0.15, -0.1) is 0 Å². The van der Waals surface area contributed by atoms with Crippen LogP contribution in [0.2, 0.25) is 0 Å². The Labute approximate surface area is 159 Å². The lowest BCUT2D eigenvalue weighted by Gasteiger charge is -2.32. The molecule has 0 aliphatic carbocycles. The van der Waals surface area contributed by atoms with Gasteiger partial charge in [0.25, 0.3) is 0 Å². The van der Waals surface area contributed by atoms with Crippen LogP contribution in [0.25, 0.3) is 0 Å². The summed E-state index contributed by atoms with van der Waals surface area (Å²) in [5.74, 6) is 3.19. The van der Waals surface area contributed by atoms with Crippen molar-refractivity contribution in [1.82, 2.24) is 15.0 Å². The SMILES string of the molecule is CC(C)c1noc(C2CCN(C(=O)[C@@H]3CCOc4ccccc4C3)CC2)n1. The summed E-state index contributed by atoms with van der Waals surface area (Å²) < 4.78 is 11.3. The summed E-state index contributed by atoms with van der Waals surface area (Å²) in [5.41, 5.74) is 1.13. The van der Waals surface area contributed by atoms with Gasteiger partial charge in [0.2, 0.25) is 11.8 Å². The van der Waals surface area contributed by atoms with Crippen LogP contribution in [-0.2, 0) is 11.2 Å². The van der Waals surface area contributed by atoms with E-state index in [-0.39, 0.29) is 23.7 Å². The Bertz CT molecular complexity index is 793. The fourth-order valence-electron chi connectivity index (χ4n) is 3.96. The molecule has 144 valence electrons. The van der Waals surface area contributed by atoms with Crippen molar-refractivity contribution >= 4 is 5.91 Å². The standard InChI is InChI=1S/C21H27N3O3/c1-14(2)19-22-20(27-23-19)15-7-10-24(11-8-15)21(25)17-9-12-26-18-6-4-3-5-16(18)13-17/h3-6,14-15,17H,7-13H2,1-2H3/t17-/m1/s1. The molecule has 2 aromatic rings. The second-order valence-electron chi connectivity index (χ2n) is 7.89. The second-order valence-corrected chi connectivity index (χ2v) is 7.89. The van der Waals surface area contributed by atoms with Crippen LogP contribution < -0.4 is 4.74 Å². The van der Waals surface area contributed by atoms with Crippen molar-refractivity contribution in [3.8, 4) is 5.75 Å². The minimum atomic E-state index is 0.00106. The van der Waals surface area contributed by atoms with Crippen LogP contribution in [0.5, 0.6) is 5.75 Å². The highest BCUT2D eigenvalue weighted by atomic mass is 16.5. The summed E-state index contributed by atoms with van der Waals surface area (Å²) in [6, 6.07) is 8.04. The van der Waals surface area contributed by atoms with Crippen molar-refractivity contribution in [3.63, 3.8) is 0 Å². The van der Waals surface area contributed by atoms with Crippen LogP contribution in [0.3, 0.4) is 0 Å². The molecular weight excluding hydrogens is 342 g/mol. The van der Waals surface area contributed by atoms with Crippen molar-refractivity contribution in [1.29, 1.82) is 0 Å². The van der Waals surface area contributed by atoms with Crippen molar-refractivity contribution < 1.29 is 14.1 Å². The normalized spacial score (nSPS) is 20.9. The van der Waals surface area contributed by atoms with Gasteiger partial charge in [-0.25, -0.2) is 0 Å². The molecule has 6 heteroatoms. The summed E-state index contributed by atoms with van der Waals surface area (Å²) in [6.45, 7) is 6.22. The van der Waals surface area contributed by atoms with Crippen LogP contribution >= 0.6 is 0 Å². The fraction of sp³-hybridized carbons (Fsp3) is 0.571. The first kappa shape index (κ1) is 18.0. The number of carbonyl (C=O) groups is 1. The average molecular weight is 369 g/mol. The van der Waals surface area contributed by atoms with E-state index in [2.05, 4.69) is 30.1 Å². The maximum atomic E-state index is 13.1. The first-order valence-corrected chi connectivity index (χ1v) is 9.95. The van der Waals surface area contributed by atoms with E-state index in [1.54, 1.807) is 0 Å². The zero-order valence-electron chi connectivity index (χ0n) is 16.1. The highest BCUT2D eigenvalue weighted by Crippen LogP contribution is 2.31. The third kappa shape index (κ3) is 3.84. The molecule has 2 aliphatic heterocycles. The topological polar surface area (TPSA) is 68.5 Å². The van der Waals surface area contributed by atoms with E-state index >= 15 is 0 Å². The van der Waals surface area contributed by atoms with Crippen molar-refractivity contribution in [2.75, 3.05) is 19.7 Å². The molecule has 0 bridgehead atoms. The zero-order chi connectivity index (χ0) is 18.8. The number of nitrogens with zero attached hydrogens (tertiary/aromatic N) is 3. The lowest BCUT2D eigenvalue weighted by Crippen LogP contribution is -2.42. The molecule has 1 amide bonds. The lowest BCUT2D eigenvalue weighted by molar-refractivity contribution is -0.137. The van der Waals surface area contributed by atoms with Gasteiger partial charge in [0, 0.05) is 30.8 Å². The highest BCUT2D eigenvalue weighted by Gasteiger charge is 2.32. The van der Waals surface area contributed by atoms with Crippen molar-refractivity contribution in [2.24, 2.45) is 5.92 Å². The maximum Gasteiger partial charge on any atom is 0.229 e. The third-order valence-electron chi connectivity index (χ3n) is 5.64. The number of piperidine rings is 1. The smallest absolute Gasteiger partial charge is 0.229 e. The molecule has 2 aliphatic rings. The molecule has 0 saturated carbocycles. The largest absolute Gasteiger partial charge is 0.493 e. The Hall–Kier alpha value is -2.37. The fourth-order valence-corrected chi connectivity index (χ4v) is 3.96. The van der Waals surface area contributed by atoms with Gasteiger partial charge in [-0.3, -0.25) is 4.79 Å². The van der Waals surface area contributed by atoms with Gasteiger partial charge >= 0.3 is 0 Å². The van der Waals surface area contributed by atoms with Gasteiger partial charge in [-0.1, -0.05) is 37.2 Å². The van der Waals surface area contributed by atoms with Gasteiger partial charge in [0.15, 0.2) is 5.82 Å². The van der Waals surface area contributed by atoms with E-state index in [0.717, 1.165) is 61.8 Å². The van der Waals surface area contributed by atoms with Crippen LogP contribution in [0.4, 0.5) is 0 Å². The van der Waals surface area contributed by atoms with Crippen LogP contribution in [-0.4, -0.2) is 40.6 Å². The van der Waals surface area contributed by atoms with Gasteiger partial charge in [0.05, 0.1) is 6.61 Å². The Morgan fingerprint density at radius 3 is 2.70 bits per heavy atom. The Balaban J connectivity index is 1.37. The molecule has 6 nitrogen and oxygen atoms in total. The molecule has 1 fully saturated rings. The molecule has 4 rings (SSSR count). The van der Waals surface area contributed by atoms with E-state index in [1.165, 1.54) is 0 Å². The van der Waals surface area contributed by atoms with Gasteiger partial charge < -0.3 is 14.2 Å². The third-order valence-corrected chi connectivity index (χ3v) is 5.64. The van der Waals surface area contributed by atoms with Gasteiger partial charge in [-0.2, -0.15) is 4.98 Å². The number of benzene rings is 1. The average Bonchev–Trinajstić information content (AvgIpc) is 3.09. The summed E-state index contributed by atoms with van der Waals surface area (Å²) >= 11 is 0. The van der Waals surface area contributed by atoms with E-state index in [4.69, 9.17) is 9.26 Å². The number of ether oxygens (including phenoxy) is 1. The molecule has 0 radical (unpaired) electrons. The zero-order valence-corrected chi connectivity index (χ0v) is 16.1. The molecule has 1 aromatic heterocycles. The molecule has 1 atom stereocenters. The summed E-state index contributed by atoms with van der Waals surface area (Å²) in [5, 5.41) is 4.07. The minimum Gasteiger partial charge on any atom is -0.493 e. The monoisotopic (exact) mass is 369 g/mol. The first-order chi connectivity index (χ1) is 13.1. The quantitative estimate of drug-likeness (QED) is 0.828. The minimum absolute atomic E-state index is 0.00106. The van der Waals surface area contributed by atoms with Crippen LogP contribution in [0.1, 0.15) is 62.2 Å². The molecule has 3 heterocycles. The van der Waals surface area contributed by atoms with E-state index in [9.17, 15) is 4.79 Å². The molecular formula is C21H27N3O3. The number of amides is 1. The van der Waals surface area contributed by atoms with Gasteiger partial charge in [-0.05, 0) is 37.3 Å². The van der Waals surface area contributed by atoms with E-state index in [0.29, 0.717) is 6.61 Å². The number of aromatic nitrogens is 2. The number of carbonyl (C=O) groups excluding carboxylic acids is 1.